The minimum Gasteiger partial charge on any atom is -0.383 e. The van der Waals surface area contributed by atoms with Crippen molar-refractivity contribution < 1.29 is 18.0 Å². The third-order valence-corrected chi connectivity index (χ3v) is 6.17. The highest BCUT2D eigenvalue weighted by atomic mass is 32.2. The number of amides is 2. The summed E-state index contributed by atoms with van der Waals surface area (Å²) in [6, 6.07) is 7.40. The van der Waals surface area contributed by atoms with E-state index in [1.165, 1.54) is 23.2 Å². The number of benzene rings is 1. The first kappa shape index (κ1) is 21.7. The highest BCUT2D eigenvalue weighted by molar-refractivity contribution is 7.89. The second-order valence-electron chi connectivity index (χ2n) is 7.65. The summed E-state index contributed by atoms with van der Waals surface area (Å²) in [5, 5.41) is 7.73. The molecular formula is C20H25N5O4S. The molecule has 30 heavy (non-hydrogen) atoms. The van der Waals surface area contributed by atoms with Crippen molar-refractivity contribution in [3.05, 3.63) is 47.7 Å². The molecule has 1 aliphatic rings. The standard InChI is InChI=1S/C20H25N5O4S/c1-12-3-8-17(14-4-6-16(7-5-14)30(22,28)29)25(11-12)20(27)19(26)24-15-9-13(2)18(21)23-10-15/h4-7,9-10,12,17H,3,8,11H2,1-2H3,(H2,21,23)(H,24,26)(H2,22,28,29)/t12-,17+/m1/s1. The molecule has 0 spiro atoms. The number of aryl methyl sites for hydroxylation is 1. The van der Waals surface area contributed by atoms with E-state index < -0.39 is 21.8 Å². The van der Waals surface area contributed by atoms with Crippen LogP contribution in [0.2, 0.25) is 0 Å². The predicted octanol–water partition coefficient (Wildman–Crippen LogP) is 1.56. The molecule has 2 aromatic rings. The first-order chi connectivity index (χ1) is 14.1. The number of piperidine rings is 1. The number of nitrogen functional groups attached to an aromatic ring is 1. The van der Waals surface area contributed by atoms with Gasteiger partial charge in [0.15, 0.2) is 0 Å². The third kappa shape index (κ3) is 4.77. The first-order valence-electron chi connectivity index (χ1n) is 9.53. The molecule has 1 aliphatic heterocycles. The number of anilines is 2. The SMILES string of the molecule is Cc1cc(NC(=O)C(=O)N2C[C@H](C)CC[C@H]2c2ccc(S(N)(=O)=O)cc2)cnc1N. The molecular weight excluding hydrogens is 406 g/mol. The van der Waals surface area contributed by atoms with Gasteiger partial charge in [0.05, 0.1) is 22.8 Å². The molecule has 1 aromatic heterocycles. The molecule has 10 heteroatoms. The van der Waals surface area contributed by atoms with Crippen LogP contribution in [0.5, 0.6) is 0 Å². The van der Waals surface area contributed by atoms with Crippen LogP contribution in [0.25, 0.3) is 0 Å². The van der Waals surface area contributed by atoms with Crippen LogP contribution in [0.4, 0.5) is 11.5 Å². The van der Waals surface area contributed by atoms with Gasteiger partial charge in [0.25, 0.3) is 0 Å². The fourth-order valence-electron chi connectivity index (χ4n) is 3.57. The summed E-state index contributed by atoms with van der Waals surface area (Å²) in [5.74, 6) is -0.827. The lowest BCUT2D eigenvalue weighted by molar-refractivity contribution is -0.146. The largest absolute Gasteiger partial charge is 0.383 e. The van der Waals surface area contributed by atoms with Crippen LogP contribution in [0.15, 0.2) is 41.4 Å². The van der Waals surface area contributed by atoms with Crippen molar-refractivity contribution >= 4 is 33.3 Å². The van der Waals surface area contributed by atoms with E-state index in [0.717, 1.165) is 12.0 Å². The van der Waals surface area contributed by atoms with E-state index in [-0.39, 0.29) is 16.9 Å². The van der Waals surface area contributed by atoms with Crippen LogP contribution < -0.4 is 16.2 Å². The van der Waals surface area contributed by atoms with Crippen LogP contribution in [0.1, 0.15) is 36.9 Å². The zero-order valence-electron chi connectivity index (χ0n) is 16.8. The van der Waals surface area contributed by atoms with E-state index in [0.29, 0.717) is 30.0 Å². The molecule has 1 fully saturated rings. The minimum absolute atomic E-state index is 0.00253. The molecule has 0 unspecified atom stereocenters. The third-order valence-electron chi connectivity index (χ3n) is 5.24. The molecule has 9 nitrogen and oxygen atoms in total. The van der Waals surface area contributed by atoms with Crippen LogP contribution in [0.3, 0.4) is 0 Å². The Balaban J connectivity index is 1.81. The number of nitrogens with one attached hydrogen (secondary N) is 1. The number of aromatic nitrogens is 1. The summed E-state index contributed by atoms with van der Waals surface area (Å²) in [5.41, 5.74) is 7.52. The van der Waals surface area contributed by atoms with E-state index in [1.807, 2.05) is 6.92 Å². The summed E-state index contributed by atoms with van der Waals surface area (Å²) < 4.78 is 23.0. The molecule has 1 saturated heterocycles. The van der Waals surface area contributed by atoms with Gasteiger partial charge in [-0.25, -0.2) is 18.5 Å². The average molecular weight is 432 g/mol. The van der Waals surface area contributed by atoms with Crippen molar-refractivity contribution in [1.29, 1.82) is 0 Å². The Morgan fingerprint density at radius 3 is 2.47 bits per heavy atom. The zero-order chi connectivity index (χ0) is 22.1. The van der Waals surface area contributed by atoms with Crippen LogP contribution in [-0.2, 0) is 19.6 Å². The van der Waals surface area contributed by atoms with Crippen molar-refractivity contribution in [3.63, 3.8) is 0 Å². The molecule has 2 atom stereocenters. The van der Waals surface area contributed by atoms with Gasteiger partial charge in [-0.05, 0) is 55.0 Å². The van der Waals surface area contributed by atoms with Gasteiger partial charge in [0, 0.05) is 6.54 Å². The Bertz CT molecular complexity index is 1070. The Labute approximate surface area is 175 Å². The normalized spacial score (nSPS) is 19.4. The maximum absolute atomic E-state index is 13.0. The molecule has 2 amide bonds. The van der Waals surface area contributed by atoms with Gasteiger partial charge in [0.2, 0.25) is 10.0 Å². The van der Waals surface area contributed by atoms with Gasteiger partial charge in [-0.2, -0.15) is 0 Å². The number of primary sulfonamides is 1. The number of nitrogens with zero attached hydrogens (tertiary/aromatic N) is 2. The smallest absolute Gasteiger partial charge is 0.313 e. The van der Waals surface area contributed by atoms with Crippen LogP contribution in [-0.4, -0.2) is 36.7 Å². The monoisotopic (exact) mass is 431 g/mol. The van der Waals surface area contributed by atoms with Crippen molar-refractivity contribution in [1.82, 2.24) is 9.88 Å². The van der Waals surface area contributed by atoms with E-state index in [4.69, 9.17) is 10.9 Å². The van der Waals surface area contributed by atoms with E-state index in [2.05, 4.69) is 10.3 Å². The fourth-order valence-corrected chi connectivity index (χ4v) is 4.09. The van der Waals surface area contributed by atoms with Crippen molar-refractivity contribution in [3.8, 4) is 0 Å². The molecule has 5 N–H and O–H groups in total. The lowest BCUT2D eigenvalue weighted by Crippen LogP contribution is -2.46. The average Bonchev–Trinajstić information content (AvgIpc) is 2.69. The number of sulfonamides is 1. The zero-order valence-corrected chi connectivity index (χ0v) is 17.6. The number of likely N-dealkylation sites (tertiary alicyclic amines) is 1. The number of carbonyl (C=O) groups is 2. The van der Waals surface area contributed by atoms with Gasteiger partial charge >= 0.3 is 11.8 Å². The molecule has 2 heterocycles. The summed E-state index contributed by atoms with van der Waals surface area (Å²) >= 11 is 0. The highest BCUT2D eigenvalue weighted by Crippen LogP contribution is 2.34. The summed E-state index contributed by atoms with van der Waals surface area (Å²) in [6.07, 6.45) is 2.95. The van der Waals surface area contributed by atoms with Crippen molar-refractivity contribution in [2.45, 2.75) is 37.6 Å². The van der Waals surface area contributed by atoms with Gasteiger partial charge in [-0.1, -0.05) is 19.1 Å². The number of pyridine rings is 1. The number of carbonyl (C=O) groups excluding carboxylic acids is 2. The number of rotatable bonds is 3. The molecule has 0 saturated carbocycles. The minimum atomic E-state index is -3.80. The maximum atomic E-state index is 13.0. The quantitative estimate of drug-likeness (QED) is 0.628. The van der Waals surface area contributed by atoms with Gasteiger partial charge in [-0.3, -0.25) is 9.59 Å². The van der Waals surface area contributed by atoms with E-state index in [1.54, 1.807) is 25.1 Å². The molecule has 0 aliphatic carbocycles. The van der Waals surface area contributed by atoms with E-state index >= 15 is 0 Å². The number of nitrogens with two attached hydrogens (primary N) is 2. The number of hydrogen-bond donors (Lipinski definition) is 3. The van der Waals surface area contributed by atoms with E-state index in [9.17, 15) is 18.0 Å². The second kappa shape index (κ2) is 8.41. The lowest BCUT2D eigenvalue weighted by Gasteiger charge is -2.38. The highest BCUT2D eigenvalue weighted by Gasteiger charge is 2.34. The lowest BCUT2D eigenvalue weighted by atomic mass is 9.90. The Morgan fingerprint density at radius 1 is 1.20 bits per heavy atom. The molecule has 160 valence electrons. The molecule has 0 radical (unpaired) electrons. The molecule has 1 aromatic carbocycles. The topological polar surface area (TPSA) is 148 Å². The predicted molar refractivity (Wildman–Crippen MR) is 113 cm³/mol. The summed E-state index contributed by atoms with van der Waals surface area (Å²) in [6.45, 7) is 4.20. The fraction of sp³-hybridized carbons (Fsp3) is 0.350. The molecule has 3 rings (SSSR count). The maximum Gasteiger partial charge on any atom is 0.313 e. The Kier molecular flexibility index (Phi) is 6.09. The Morgan fingerprint density at radius 2 is 1.87 bits per heavy atom. The summed E-state index contributed by atoms with van der Waals surface area (Å²) in [7, 11) is -3.80. The van der Waals surface area contributed by atoms with Gasteiger partial charge < -0.3 is 16.0 Å². The van der Waals surface area contributed by atoms with Crippen LogP contribution >= 0.6 is 0 Å². The van der Waals surface area contributed by atoms with Gasteiger partial charge in [-0.15, -0.1) is 0 Å². The van der Waals surface area contributed by atoms with Crippen molar-refractivity contribution in [2.75, 3.05) is 17.6 Å². The summed E-state index contributed by atoms with van der Waals surface area (Å²) in [4.78, 5) is 31.1. The second-order valence-corrected chi connectivity index (χ2v) is 9.21. The Hall–Kier alpha value is -2.98. The van der Waals surface area contributed by atoms with Crippen molar-refractivity contribution in [2.24, 2.45) is 11.1 Å². The number of hydrogen-bond acceptors (Lipinski definition) is 6. The first-order valence-corrected chi connectivity index (χ1v) is 11.1. The van der Waals surface area contributed by atoms with Crippen LogP contribution in [0, 0.1) is 12.8 Å². The molecule has 0 bridgehead atoms. The van der Waals surface area contributed by atoms with Gasteiger partial charge in [0.1, 0.15) is 5.82 Å².